The van der Waals surface area contributed by atoms with Gasteiger partial charge in [-0.2, -0.15) is 13.2 Å². The lowest BCUT2D eigenvalue weighted by molar-refractivity contribution is -0.145. The highest BCUT2D eigenvalue weighted by Crippen LogP contribution is 2.17. The number of nitrogens with one attached hydrogen (secondary N) is 1. The summed E-state index contributed by atoms with van der Waals surface area (Å²) in [6.45, 7) is 1.55. The number of hydrogen-bond acceptors (Lipinski definition) is 3. The van der Waals surface area contributed by atoms with Gasteiger partial charge in [0.2, 0.25) is 0 Å². The van der Waals surface area contributed by atoms with Crippen molar-refractivity contribution in [1.82, 2.24) is 24.7 Å². The molecule has 2 heterocycles. The number of rotatable bonds is 4. The number of urea groups is 1. The predicted octanol–water partition coefficient (Wildman–Crippen LogP) is 1.16. The Morgan fingerprint density at radius 2 is 2.05 bits per heavy atom. The van der Waals surface area contributed by atoms with Gasteiger partial charge >= 0.3 is 12.2 Å². The zero-order valence-electron chi connectivity index (χ0n) is 12.2. The molecule has 124 valence electrons. The Morgan fingerprint density at radius 3 is 2.73 bits per heavy atom. The van der Waals surface area contributed by atoms with Gasteiger partial charge < -0.3 is 14.8 Å². The first-order valence-electron chi connectivity index (χ1n) is 7.22. The molecule has 1 aliphatic rings. The van der Waals surface area contributed by atoms with Crippen molar-refractivity contribution in [2.45, 2.75) is 19.1 Å². The molecule has 1 aromatic heterocycles. The van der Waals surface area contributed by atoms with Gasteiger partial charge in [0.05, 0.1) is 12.9 Å². The first kappa shape index (κ1) is 16.6. The lowest BCUT2D eigenvalue weighted by Gasteiger charge is -2.23. The number of halogens is 3. The molecule has 22 heavy (non-hydrogen) atoms. The molecule has 0 atom stereocenters. The van der Waals surface area contributed by atoms with Crippen molar-refractivity contribution in [3.8, 4) is 0 Å². The number of nitrogens with zero attached hydrogens (tertiary/aromatic N) is 4. The van der Waals surface area contributed by atoms with Gasteiger partial charge in [-0.15, -0.1) is 0 Å². The molecule has 0 spiro atoms. The van der Waals surface area contributed by atoms with Gasteiger partial charge in [0.25, 0.3) is 0 Å². The number of alkyl halides is 3. The third kappa shape index (κ3) is 5.55. The summed E-state index contributed by atoms with van der Waals surface area (Å²) in [6.07, 6.45) is 1.47. The predicted molar refractivity (Wildman–Crippen MR) is 74.3 cm³/mol. The molecule has 1 aliphatic heterocycles. The highest BCUT2D eigenvalue weighted by molar-refractivity contribution is 5.74. The van der Waals surface area contributed by atoms with Crippen molar-refractivity contribution in [2.24, 2.45) is 0 Å². The minimum atomic E-state index is -4.19. The Labute approximate surface area is 126 Å². The van der Waals surface area contributed by atoms with E-state index < -0.39 is 12.7 Å². The van der Waals surface area contributed by atoms with Crippen molar-refractivity contribution in [3.63, 3.8) is 0 Å². The number of carbonyl (C=O) groups is 1. The molecule has 6 nitrogen and oxygen atoms in total. The van der Waals surface area contributed by atoms with Crippen LogP contribution in [0.1, 0.15) is 6.42 Å². The minimum Gasteiger partial charge on any atom is -0.336 e. The van der Waals surface area contributed by atoms with Crippen LogP contribution in [0.15, 0.2) is 18.7 Å². The molecule has 9 heteroatoms. The standard InChI is InChI=1S/C13H20F3N5O/c14-13(15,16)10-19-4-1-5-21(9-8-19)12(22)18-3-7-20-6-2-17-11-20/h2,6,11H,1,3-5,7-10H2,(H,18,22). The van der Waals surface area contributed by atoms with E-state index in [4.69, 9.17) is 0 Å². The van der Waals surface area contributed by atoms with Crippen LogP contribution in [0, 0.1) is 0 Å². The SMILES string of the molecule is O=C(NCCn1ccnc1)N1CCCN(CC(F)(F)F)CC1. The van der Waals surface area contributed by atoms with E-state index in [1.54, 1.807) is 23.6 Å². The summed E-state index contributed by atoms with van der Waals surface area (Å²) < 4.78 is 39.0. The van der Waals surface area contributed by atoms with Gasteiger partial charge in [-0.05, 0) is 6.42 Å². The second-order valence-electron chi connectivity index (χ2n) is 5.26. The topological polar surface area (TPSA) is 53.4 Å². The Balaban J connectivity index is 1.72. The summed E-state index contributed by atoms with van der Waals surface area (Å²) in [4.78, 5) is 18.8. The van der Waals surface area contributed by atoms with Crippen LogP contribution in [0.4, 0.5) is 18.0 Å². The van der Waals surface area contributed by atoms with Gasteiger partial charge in [-0.1, -0.05) is 0 Å². The van der Waals surface area contributed by atoms with E-state index in [9.17, 15) is 18.0 Å². The van der Waals surface area contributed by atoms with E-state index in [2.05, 4.69) is 10.3 Å². The van der Waals surface area contributed by atoms with Crippen LogP contribution in [0.3, 0.4) is 0 Å². The smallest absolute Gasteiger partial charge is 0.336 e. The van der Waals surface area contributed by atoms with Crippen molar-refractivity contribution < 1.29 is 18.0 Å². The largest absolute Gasteiger partial charge is 0.401 e. The molecule has 0 radical (unpaired) electrons. The molecular weight excluding hydrogens is 299 g/mol. The van der Waals surface area contributed by atoms with Gasteiger partial charge in [-0.3, -0.25) is 4.90 Å². The highest BCUT2D eigenvalue weighted by Gasteiger charge is 2.31. The van der Waals surface area contributed by atoms with Crippen LogP contribution >= 0.6 is 0 Å². The average molecular weight is 319 g/mol. The lowest BCUT2D eigenvalue weighted by Crippen LogP contribution is -2.43. The van der Waals surface area contributed by atoms with Crippen LogP contribution in [0.5, 0.6) is 0 Å². The Bertz CT molecular complexity index is 463. The first-order chi connectivity index (χ1) is 10.4. The minimum absolute atomic E-state index is 0.228. The van der Waals surface area contributed by atoms with Crippen LogP contribution in [0.2, 0.25) is 0 Å². The number of aromatic nitrogens is 2. The lowest BCUT2D eigenvalue weighted by atomic mass is 10.4. The monoisotopic (exact) mass is 319 g/mol. The summed E-state index contributed by atoms with van der Waals surface area (Å²) in [5, 5.41) is 2.78. The van der Waals surface area contributed by atoms with Crippen molar-refractivity contribution in [2.75, 3.05) is 39.3 Å². The van der Waals surface area contributed by atoms with E-state index in [1.807, 2.05) is 4.57 Å². The molecule has 2 amide bonds. The van der Waals surface area contributed by atoms with Crippen LogP contribution in [0.25, 0.3) is 0 Å². The summed E-state index contributed by atoms with van der Waals surface area (Å²) in [5.74, 6) is 0. The zero-order chi connectivity index (χ0) is 16.0. The molecule has 1 aromatic rings. The maximum atomic E-state index is 12.4. The fourth-order valence-corrected chi connectivity index (χ4v) is 2.41. The van der Waals surface area contributed by atoms with E-state index in [0.717, 1.165) is 0 Å². The average Bonchev–Trinajstić information content (AvgIpc) is 2.83. The number of hydrogen-bond donors (Lipinski definition) is 1. The number of carbonyl (C=O) groups excluding carboxylic acids is 1. The summed E-state index contributed by atoms with van der Waals surface area (Å²) >= 11 is 0. The van der Waals surface area contributed by atoms with E-state index in [0.29, 0.717) is 39.1 Å². The van der Waals surface area contributed by atoms with Gasteiger partial charge in [-0.25, -0.2) is 9.78 Å². The second-order valence-corrected chi connectivity index (χ2v) is 5.26. The van der Waals surface area contributed by atoms with Gasteiger partial charge in [0.1, 0.15) is 0 Å². The fraction of sp³-hybridized carbons (Fsp3) is 0.692. The highest BCUT2D eigenvalue weighted by atomic mass is 19.4. The van der Waals surface area contributed by atoms with Crippen molar-refractivity contribution >= 4 is 6.03 Å². The molecule has 1 fully saturated rings. The van der Waals surface area contributed by atoms with Crippen molar-refractivity contribution in [3.05, 3.63) is 18.7 Å². The summed E-state index contributed by atoms with van der Waals surface area (Å²) in [7, 11) is 0. The van der Waals surface area contributed by atoms with Crippen molar-refractivity contribution in [1.29, 1.82) is 0 Å². The van der Waals surface area contributed by atoms with Gasteiger partial charge in [0.15, 0.2) is 0 Å². The Kier molecular flexibility index (Phi) is 5.64. The molecular formula is C13H20F3N5O. The molecule has 0 unspecified atom stereocenters. The van der Waals surface area contributed by atoms with Crippen LogP contribution in [-0.4, -0.2) is 70.8 Å². The van der Waals surface area contributed by atoms with E-state index in [-0.39, 0.29) is 12.6 Å². The zero-order valence-corrected chi connectivity index (χ0v) is 12.2. The third-order valence-electron chi connectivity index (χ3n) is 3.48. The van der Waals surface area contributed by atoms with E-state index >= 15 is 0 Å². The molecule has 0 aromatic carbocycles. The van der Waals surface area contributed by atoms with Gasteiger partial charge in [0, 0.05) is 51.7 Å². The molecule has 0 bridgehead atoms. The normalized spacial score (nSPS) is 17.3. The second kappa shape index (κ2) is 7.48. The first-order valence-corrected chi connectivity index (χ1v) is 7.22. The molecule has 0 saturated carbocycles. The maximum Gasteiger partial charge on any atom is 0.401 e. The quantitative estimate of drug-likeness (QED) is 0.906. The summed E-state index contributed by atoms with van der Waals surface area (Å²) in [5.41, 5.74) is 0. The molecule has 1 N–H and O–H groups in total. The summed E-state index contributed by atoms with van der Waals surface area (Å²) in [6, 6.07) is -0.228. The third-order valence-corrected chi connectivity index (χ3v) is 3.48. The number of amides is 2. The Hall–Kier alpha value is -1.77. The molecule has 0 aliphatic carbocycles. The Morgan fingerprint density at radius 1 is 1.23 bits per heavy atom. The molecule has 1 saturated heterocycles. The van der Waals surface area contributed by atoms with E-state index in [1.165, 1.54) is 4.90 Å². The fourth-order valence-electron chi connectivity index (χ4n) is 2.41. The van der Waals surface area contributed by atoms with Crippen LogP contribution < -0.4 is 5.32 Å². The molecule has 2 rings (SSSR count). The maximum absolute atomic E-state index is 12.4. The van der Waals surface area contributed by atoms with Crippen LogP contribution in [-0.2, 0) is 6.54 Å². The number of imidazole rings is 1.